The van der Waals surface area contributed by atoms with Crippen LogP contribution in [0.5, 0.6) is 0 Å². The zero-order chi connectivity index (χ0) is 10.1. The van der Waals surface area contributed by atoms with Crippen molar-refractivity contribution in [3.05, 3.63) is 24.9 Å². The van der Waals surface area contributed by atoms with Gasteiger partial charge in [-0.15, -0.1) is 0 Å². The van der Waals surface area contributed by atoms with Gasteiger partial charge in [0.2, 0.25) is 5.91 Å². The lowest BCUT2D eigenvalue weighted by Crippen LogP contribution is -2.08. The van der Waals surface area contributed by atoms with Crippen LogP contribution in [0.15, 0.2) is 24.9 Å². The maximum absolute atomic E-state index is 10.1. The van der Waals surface area contributed by atoms with Crippen molar-refractivity contribution in [2.45, 2.75) is 13.3 Å². The molecule has 0 radical (unpaired) electrons. The summed E-state index contributed by atoms with van der Waals surface area (Å²) in [6, 6.07) is 0. The maximum Gasteiger partial charge on any atom is 0.330 e. The van der Waals surface area contributed by atoms with Gasteiger partial charge in [0.15, 0.2) is 0 Å². The van der Waals surface area contributed by atoms with Crippen LogP contribution in [-0.2, 0) is 14.3 Å². The van der Waals surface area contributed by atoms with Crippen molar-refractivity contribution >= 4 is 11.9 Å². The molecule has 1 heterocycles. The second-order valence-electron chi connectivity index (χ2n) is 2.13. The van der Waals surface area contributed by atoms with Gasteiger partial charge < -0.3 is 10.1 Å². The molecule has 1 aliphatic heterocycles. The van der Waals surface area contributed by atoms with E-state index in [1.165, 1.54) is 0 Å². The van der Waals surface area contributed by atoms with Crippen LogP contribution < -0.4 is 5.32 Å². The lowest BCUT2D eigenvalue weighted by atomic mass is 10.5. The third kappa shape index (κ3) is 6.80. The Morgan fingerprint density at radius 2 is 2.54 bits per heavy atom. The molecule has 0 bridgehead atoms. The van der Waals surface area contributed by atoms with Gasteiger partial charge in [-0.25, -0.2) is 4.79 Å². The third-order valence-corrected chi connectivity index (χ3v) is 1.12. The smallest absolute Gasteiger partial charge is 0.330 e. The summed E-state index contributed by atoms with van der Waals surface area (Å²) in [5.74, 6) is -0.266. The number of carbonyl (C=O) groups is 2. The Bertz CT molecular complexity index is 211. The number of nitrogens with one attached hydrogen (secondary N) is 1. The van der Waals surface area contributed by atoms with E-state index in [-0.39, 0.29) is 11.9 Å². The molecule has 0 aromatic heterocycles. The minimum absolute atomic E-state index is 0.0926. The van der Waals surface area contributed by atoms with Gasteiger partial charge in [0.05, 0.1) is 6.61 Å². The summed E-state index contributed by atoms with van der Waals surface area (Å²) in [6.07, 6.45) is 5.15. The second kappa shape index (κ2) is 7.09. The van der Waals surface area contributed by atoms with Gasteiger partial charge in [0, 0.05) is 18.7 Å². The zero-order valence-electron chi connectivity index (χ0n) is 7.58. The van der Waals surface area contributed by atoms with Crippen molar-refractivity contribution in [1.82, 2.24) is 5.32 Å². The van der Waals surface area contributed by atoms with Gasteiger partial charge in [-0.2, -0.15) is 0 Å². The molecule has 0 aromatic carbocycles. The Morgan fingerprint density at radius 1 is 1.85 bits per heavy atom. The Balaban J connectivity index is 0.000000223. The number of ether oxygens (including phenoxy) is 1. The highest BCUT2D eigenvalue weighted by Crippen LogP contribution is 1.87. The van der Waals surface area contributed by atoms with Gasteiger partial charge in [-0.1, -0.05) is 12.7 Å². The minimum atomic E-state index is -0.359. The molecule has 0 unspecified atom stereocenters. The molecule has 72 valence electrons. The highest BCUT2D eigenvalue weighted by molar-refractivity contribution is 5.81. The van der Waals surface area contributed by atoms with E-state index in [4.69, 9.17) is 0 Å². The quantitative estimate of drug-likeness (QED) is 0.508. The molecule has 4 nitrogen and oxygen atoms in total. The molecule has 4 heteroatoms. The first-order valence-corrected chi connectivity index (χ1v) is 3.94. The van der Waals surface area contributed by atoms with Crippen LogP contribution in [0.25, 0.3) is 0 Å². The molecule has 0 spiro atoms. The molecule has 0 aromatic rings. The van der Waals surface area contributed by atoms with Crippen LogP contribution in [0.4, 0.5) is 0 Å². The van der Waals surface area contributed by atoms with Crippen molar-refractivity contribution in [3.8, 4) is 0 Å². The first-order valence-electron chi connectivity index (χ1n) is 3.94. The lowest BCUT2D eigenvalue weighted by Gasteiger charge is -1.90. The molecule has 0 fully saturated rings. The van der Waals surface area contributed by atoms with Gasteiger partial charge in [0.25, 0.3) is 0 Å². The molecule has 0 atom stereocenters. The first-order chi connectivity index (χ1) is 6.20. The Labute approximate surface area is 77.3 Å². The Hall–Kier alpha value is -1.58. The van der Waals surface area contributed by atoms with E-state index in [2.05, 4.69) is 16.6 Å². The third-order valence-electron chi connectivity index (χ3n) is 1.12. The van der Waals surface area contributed by atoms with Gasteiger partial charge in [-0.05, 0) is 6.92 Å². The van der Waals surface area contributed by atoms with Gasteiger partial charge >= 0.3 is 5.97 Å². The lowest BCUT2D eigenvalue weighted by molar-refractivity contribution is -0.137. The zero-order valence-corrected chi connectivity index (χ0v) is 7.58. The monoisotopic (exact) mass is 183 g/mol. The summed E-state index contributed by atoms with van der Waals surface area (Å²) < 4.78 is 4.43. The predicted octanol–water partition coefficient (Wildman–Crippen LogP) is 0.756. The first kappa shape index (κ1) is 11.4. The van der Waals surface area contributed by atoms with E-state index in [1.807, 2.05) is 0 Å². The van der Waals surface area contributed by atoms with Crippen LogP contribution in [0.1, 0.15) is 13.3 Å². The number of hydrogen-bond donors (Lipinski definition) is 1. The van der Waals surface area contributed by atoms with Crippen molar-refractivity contribution < 1.29 is 14.3 Å². The standard InChI is InChI=1S/C5H8O2.C4H5NO/c1-3-5(6)7-4-2;6-4-2-1-3-5-4/h3H,1,4H2,2H3;1,3H,2H2,(H,5,6). The molecular weight excluding hydrogens is 170 g/mol. The van der Waals surface area contributed by atoms with Crippen molar-refractivity contribution in [2.24, 2.45) is 0 Å². The van der Waals surface area contributed by atoms with Crippen molar-refractivity contribution in [1.29, 1.82) is 0 Å². The fourth-order valence-electron chi connectivity index (χ4n) is 0.578. The molecule has 1 amide bonds. The number of hydrogen-bond acceptors (Lipinski definition) is 3. The SMILES string of the molecule is C=CC(=O)OCC.O=C1CC=CN1. The van der Waals surface area contributed by atoms with E-state index in [9.17, 15) is 9.59 Å². The Kier molecular flexibility index (Phi) is 6.23. The molecule has 1 rings (SSSR count). The molecule has 1 N–H and O–H groups in total. The van der Waals surface area contributed by atoms with Gasteiger partial charge in [-0.3, -0.25) is 4.79 Å². The fourth-order valence-corrected chi connectivity index (χ4v) is 0.578. The summed E-state index contributed by atoms with van der Waals surface area (Å²) >= 11 is 0. The highest BCUT2D eigenvalue weighted by Gasteiger charge is 1.97. The number of esters is 1. The van der Waals surface area contributed by atoms with E-state index >= 15 is 0 Å². The summed E-state index contributed by atoms with van der Waals surface area (Å²) in [6.45, 7) is 5.38. The fraction of sp³-hybridized carbons (Fsp3) is 0.333. The molecule has 1 aliphatic rings. The van der Waals surface area contributed by atoms with Crippen LogP contribution in [0.3, 0.4) is 0 Å². The van der Waals surface area contributed by atoms with Crippen LogP contribution in [0.2, 0.25) is 0 Å². The van der Waals surface area contributed by atoms with E-state index in [0.717, 1.165) is 6.08 Å². The molecule has 0 saturated heterocycles. The summed E-state index contributed by atoms with van der Waals surface area (Å²) in [7, 11) is 0. The normalized spacial score (nSPS) is 12.5. The van der Waals surface area contributed by atoms with Crippen molar-refractivity contribution in [3.63, 3.8) is 0 Å². The molecule has 0 aliphatic carbocycles. The number of amides is 1. The summed E-state index contributed by atoms with van der Waals surface area (Å²) in [5.41, 5.74) is 0. The topological polar surface area (TPSA) is 55.4 Å². The molecule has 0 saturated carbocycles. The minimum Gasteiger partial charge on any atom is -0.463 e. The molecular formula is C9H13NO3. The maximum atomic E-state index is 10.1. The Morgan fingerprint density at radius 3 is 2.69 bits per heavy atom. The summed E-state index contributed by atoms with van der Waals surface area (Å²) in [5, 5.41) is 2.50. The van der Waals surface area contributed by atoms with E-state index in [1.54, 1.807) is 19.2 Å². The van der Waals surface area contributed by atoms with E-state index in [0.29, 0.717) is 13.0 Å². The average molecular weight is 183 g/mol. The van der Waals surface area contributed by atoms with E-state index < -0.39 is 0 Å². The van der Waals surface area contributed by atoms with Crippen LogP contribution in [-0.4, -0.2) is 18.5 Å². The average Bonchev–Trinajstić information content (AvgIpc) is 2.57. The highest BCUT2D eigenvalue weighted by atomic mass is 16.5. The van der Waals surface area contributed by atoms with Crippen LogP contribution in [0, 0.1) is 0 Å². The van der Waals surface area contributed by atoms with Crippen LogP contribution >= 0.6 is 0 Å². The summed E-state index contributed by atoms with van der Waals surface area (Å²) in [4.78, 5) is 20.1. The predicted molar refractivity (Wildman–Crippen MR) is 48.7 cm³/mol. The van der Waals surface area contributed by atoms with Gasteiger partial charge in [0.1, 0.15) is 0 Å². The largest absolute Gasteiger partial charge is 0.463 e. The van der Waals surface area contributed by atoms with Crippen molar-refractivity contribution in [2.75, 3.05) is 6.61 Å². The number of rotatable bonds is 2. The number of carbonyl (C=O) groups excluding carboxylic acids is 2. The molecule has 13 heavy (non-hydrogen) atoms. The second-order valence-corrected chi connectivity index (χ2v) is 2.13.